The minimum absolute atomic E-state index is 0.0229. The zero-order valence-electron chi connectivity index (χ0n) is 14.6. The normalized spacial score (nSPS) is 14.8. The Balaban J connectivity index is 1.66. The van der Waals surface area contributed by atoms with Crippen molar-refractivity contribution in [2.24, 2.45) is 5.92 Å². The molecule has 1 aliphatic rings. The van der Waals surface area contributed by atoms with Crippen LogP contribution in [-0.4, -0.2) is 38.7 Å². The van der Waals surface area contributed by atoms with Crippen LogP contribution >= 0.6 is 0 Å². The zero-order valence-corrected chi connectivity index (χ0v) is 14.6. The summed E-state index contributed by atoms with van der Waals surface area (Å²) in [5.74, 6) is -0.452. The largest absolute Gasteiger partial charge is 0.340 e. The van der Waals surface area contributed by atoms with Gasteiger partial charge in [-0.2, -0.15) is 5.10 Å². The first-order valence-corrected chi connectivity index (χ1v) is 8.59. The third-order valence-electron chi connectivity index (χ3n) is 4.76. The minimum atomic E-state index is -2.90. The highest BCUT2D eigenvalue weighted by atomic mass is 19.3. The van der Waals surface area contributed by atoms with Crippen molar-refractivity contribution in [2.75, 3.05) is 13.1 Å². The molecule has 0 unspecified atom stereocenters. The molecule has 1 amide bonds. The van der Waals surface area contributed by atoms with Gasteiger partial charge in [-0.25, -0.2) is 13.2 Å². The van der Waals surface area contributed by atoms with Crippen molar-refractivity contribution in [3.63, 3.8) is 0 Å². The van der Waals surface area contributed by atoms with Gasteiger partial charge >= 0.3 is 0 Å². The Morgan fingerprint density at radius 1 is 1.22 bits per heavy atom. The van der Waals surface area contributed by atoms with Crippen LogP contribution in [0.1, 0.15) is 18.9 Å². The van der Waals surface area contributed by atoms with Crippen molar-refractivity contribution in [1.82, 2.24) is 19.7 Å². The van der Waals surface area contributed by atoms with Gasteiger partial charge in [-0.05, 0) is 29.7 Å². The van der Waals surface area contributed by atoms with E-state index < -0.39 is 17.8 Å². The molecule has 2 aromatic heterocycles. The number of aromatic nitrogens is 3. The summed E-state index contributed by atoms with van der Waals surface area (Å²) in [6, 6.07) is 5.30. The third-order valence-corrected chi connectivity index (χ3v) is 4.76. The van der Waals surface area contributed by atoms with Crippen molar-refractivity contribution in [1.29, 1.82) is 0 Å². The third kappa shape index (κ3) is 3.27. The number of rotatable bonds is 4. The summed E-state index contributed by atoms with van der Waals surface area (Å²) in [5.41, 5.74) is 1.55. The monoisotopic (exact) mass is 374 g/mol. The van der Waals surface area contributed by atoms with Crippen LogP contribution in [-0.2, 0) is 11.3 Å². The van der Waals surface area contributed by atoms with Crippen molar-refractivity contribution in [3.05, 3.63) is 48.0 Å². The number of halogens is 3. The van der Waals surface area contributed by atoms with Crippen molar-refractivity contribution < 1.29 is 18.0 Å². The molecular formula is C19H17F3N4O. The Labute approximate surface area is 153 Å². The highest BCUT2D eigenvalue weighted by molar-refractivity contribution is 5.83. The molecule has 0 aliphatic carbocycles. The summed E-state index contributed by atoms with van der Waals surface area (Å²) in [7, 11) is 0. The van der Waals surface area contributed by atoms with E-state index in [-0.39, 0.29) is 12.5 Å². The maximum absolute atomic E-state index is 13.5. The number of benzene rings is 1. The summed E-state index contributed by atoms with van der Waals surface area (Å²) in [5, 5.41) is 4.22. The van der Waals surface area contributed by atoms with Crippen LogP contribution < -0.4 is 0 Å². The molecule has 1 fully saturated rings. The molecule has 3 aromatic rings. The van der Waals surface area contributed by atoms with Crippen LogP contribution in [0.5, 0.6) is 0 Å². The summed E-state index contributed by atoms with van der Waals surface area (Å²) in [4.78, 5) is 18.4. The second-order valence-electron chi connectivity index (χ2n) is 6.87. The lowest BCUT2D eigenvalue weighted by atomic mass is 10.0. The molecule has 0 atom stereocenters. The topological polar surface area (TPSA) is 51.0 Å². The predicted molar refractivity (Wildman–Crippen MR) is 93.6 cm³/mol. The molecule has 1 saturated heterocycles. The second-order valence-corrected chi connectivity index (χ2v) is 6.87. The molecule has 1 aromatic carbocycles. The van der Waals surface area contributed by atoms with Crippen molar-refractivity contribution >= 4 is 16.9 Å². The molecule has 27 heavy (non-hydrogen) atoms. The van der Waals surface area contributed by atoms with Gasteiger partial charge in [-0.1, -0.05) is 13.0 Å². The summed E-state index contributed by atoms with van der Waals surface area (Å²) in [6.07, 6.45) is 0.180. The standard InChI is InChI=1S/C19H17F3N4O/c1-11-8-25(9-11)18(27)10-26-17-5-13(6-23-16(17)7-24-26)12-2-3-15(20)14(4-12)19(21)22/h2-7,11,19H,8-10H2,1H3. The summed E-state index contributed by atoms with van der Waals surface area (Å²) < 4.78 is 41.0. The molecule has 0 N–H and O–H groups in total. The van der Waals surface area contributed by atoms with E-state index in [0.717, 1.165) is 25.2 Å². The molecule has 5 nitrogen and oxygen atoms in total. The average Bonchev–Trinajstić information content (AvgIpc) is 3.01. The molecule has 8 heteroatoms. The van der Waals surface area contributed by atoms with Gasteiger partial charge in [0.25, 0.3) is 6.43 Å². The van der Waals surface area contributed by atoms with E-state index in [0.29, 0.717) is 28.1 Å². The first-order chi connectivity index (χ1) is 12.9. The SMILES string of the molecule is CC1CN(C(=O)Cn2ncc3ncc(-c4ccc(F)c(C(F)F)c4)cc32)C1. The van der Waals surface area contributed by atoms with Crippen molar-refractivity contribution in [3.8, 4) is 11.1 Å². The highest BCUT2D eigenvalue weighted by Gasteiger charge is 2.27. The van der Waals surface area contributed by atoms with E-state index in [4.69, 9.17) is 0 Å². The van der Waals surface area contributed by atoms with E-state index in [1.165, 1.54) is 12.3 Å². The quantitative estimate of drug-likeness (QED) is 0.700. The van der Waals surface area contributed by atoms with E-state index >= 15 is 0 Å². The maximum Gasteiger partial charge on any atom is 0.266 e. The first-order valence-electron chi connectivity index (χ1n) is 8.59. The van der Waals surface area contributed by atoms with Crippen LogP contribution in [0.25, 0.3) is 22.2 Å². The van der Waals surface area contributed by atoms with Crippen LogP contribution in [0.4, 0.5) is 13.2 Å². The average molecular weight is 374 g/mol. The first kappa shape index (κ1) is 17.5. The van der Waals surface area contributed by atoms with Gasteiger partial charge in [0.1, 0.15) is 17.9 Å². The van der Waals surface area contributed by atoms with Crippen LogP contribution in [0.2, 0.25) is 0 Å². The molecule has 0 spiro atoms. The molecule has 0 bridgehead atoms. The predicted octanol–water partition coefficient (Wildman–Crippen LogP) is 3.65. The summed E-state index contributed by atoms with van der Waals surface area (Å²) >= 11 is 0. The number of carbonyl (C=O) groups is 1. The van der Waals surface area contributed by atoms with Crippen LogP contribution in [0.3, 0.4) is 0 Å². The number of hydrogen-bond donors (Lipinski definition) is 0. The van der Waals surface area contributed by atoms with Crippen LogP contribution in [0, 0.1) is 11.7 Å². The molecule has 1 aliphatic heterocycles. The van der Waals surface area contributed by atoms with E-state index in [1.807, 2.05) is 0 Å². The van der Waals surface area contributed by atoms with Gasteiger partial charge in [0, 0.05) is 24.8 Å². The Bertz CT molecular complexity index is 1010. The second kappa shape index (κ2) is 6.68. The smallest absolute Gasteiger partial charge is 0.266 e. The highest BCUT2D eigenvalue weighted by Crippen LogP contribution is 2.29. The fourth-order valence-corrected chi connectivity index (χ4v) is 3.26. The van der Waals surface area contributed by atoms with E-state index in [1.54, 1.807) is 21.8 Å². The van der Waals surface area contributed by atoms with Crippen molar-refractivity contribution in [2.45, 2.75) is 19.9 Å². The lowest BCUT2D eigenvalue weighted by Crippen LogP contribution is -2.49. The fourth-order valence-electron chi connectivity index (χ4n) is 3.26. The fraction of sp³-hybridized carbons (Fsp3) is 0.316. The number of carbonyl (C=O) groups excluding carboxylic acids is 1. The summed E-state index contributed by atoms with van der Waals surface area (Å²) in [6.45, 7) is 3.66. The molecule has 0 radical (unpaired) electrons. The maximum atomic E-state index is 13.5. The van der Waals surface area contributed by atoms with Gasteiger partial charge in [0.15, 0.2) is 0 Å². The van der Waals surface area contributed by atoms with Gasteiger partial charge in [-0.15, -0.1) is 0 Å². The Kier molecular flexibility index (Phi) is 4.33. The molecule has 0 saturated carbocycles. The Morgan fingerprint density at radius 3 is 2.70 bits per heavy atom. The minimum Gasteiger partial charge on any atom is -0.340 e. The number of amides is 1. The number of fused-ring (bicyclic) bond motifs is 1. The molecule has 4 rings (SSSR count). The molecule has 3 heterocycles. The Hall–Kier alpha value is -2.90. The van der Waals surface area contributed by atoms with Gasteiger partial charge in [-0.3, -0.25) is 14.5 Å². The van der Waals surface area contributed by atoms with Crippen LogP contribution in [0.15, 0.2) is 36.7 Å². The molecular weight excluding hydrogens is 357 g/mol. The van der Waals surface area contributed by atoms with Gasteiger partial charge in [0.2, 0.25) is 5.91 Å². The van der Waals surface area contributed by atoms with E-state index in [9.17, 15) is 18.0 Å². The number of pyridine rings is 1. The number of hydrogen-bond acceptors (Lipinski definition) is 3. The lowest BCUT2D eigenvalue weighted by Gasteiger charge is -2.37. The number of likely N-dealkylation sites (tertiary alicyclic amines) is 1. The lowest BCUT2D eigenvalue weighted by molar-refractivity contribution is -0.137. The number of alkyl halides is 2. The number of nitrogens with zero attached hydrogens (tertiary/aromatic N) is 4. The Morgan fingerprint density at radius 2 is 2.00 bits per heavy atom. The van der Waals surface area contributed by atoms with Gasteiger partial charge in [0.05, 0.1) is 17.3 Å². The molecule has 140 valence electrons. The van der Waals surface area contributed by atoms with Gasteiger partial charge < -0.3 is 4.90 Å². The van der Waals surface area contributed by atoms with E-state index in [2.05, 4.69) is 17.0 Å². The zero-order chi connectivity index (χ0) is 19.1.